The Morgan fingerprint density at radius 2 is 1.72 bits per heavy atom. The minimum absolute atomic E-state index is 0.0551. The third-order valence-corrected chi connectivity index (χ3v) is 7.97. The maximum absolute atomic E-state index is 13.7. The van der Waals surface area contributed by atoms with Gasteiger partial charge in [0.15, 0.2) is 0 Å². The third kappa shape index (κ3) is 7.40. The number of amides is 1. The number of hydrogen-bond acceptors (Lipinski definition) is 7. The fourth-order valence-corrected chi connectivity index (χ4v) is 5.77. The minimum Gasteiger partial charge on any atom is -0.506 e. The highest BCUT2D eigenvalue weighted by molar-refractivity contribution is 7.92. The van der Waals surface area contributed by atoms with Crippen molar-refractivity contribution in [2.45, 2.75) is 19.0 Å². The van der Waals surface area contributed by atoms with E-state index in [2.05, 4.69) is 9.62 Å². The number of phenols is 1. The number of anilines is 2. The fourth-order valence-electron chi connectivity index (χ4n) is 5.21. The van der Waals surface area contributed by atoms with Gasteiger partial charge in [-0.1, -0.05) is 12.1 Å². The molecule has 230 valence electrons. The molecule has 2 aliphatic rings. The van der Waals surface area contributed by atoms with Gasteiger partial charge in [-0.25, -0.2) is 8.42 Å². The van der Waals surface area contributed by atoms with Gasteiger partial charge >= 0.3 is 6.18 Å². The SMILES string of the molecule is CS(=O)(=O)Nc1cc(N2CCc3cc(-c4ccc(C(F)(F)F)cc4)c(OCCCN4CCOCC4)cc3C2=O)ccc1O. The van der Waals surface area contributed by atoms with E-state index in [1.165, 1.54) is 35.2 Å². The third-order valence-electron chi connectivity index (χ3n) is 7.38. The number of alkyl halides is 3. The Hall–Kier alpha value is -3.81. The molecule has 1 amide bonds. The molecule has 0 radical (unpaired) electrons. The van der Waals surface area contributed by atoms with Crippen LogP contribution in [0.5, 0.6) is 11.5 Å². The summed E-state index contributed by atoms with van der Waals surface area (Å²) >= 11 is 0. The van der Waals surface area contributed by atoms with Crippen LogP contribution in [0.25, 0.3) is 11.1 Å². The molecule has 13 heteroatoms. The first-order chi connectivity index (χ1) is 20.4. The van der Waals surface area contributed by atoms with Gasteiger partial charge in [-0.15, -0.1) is 0 Å². The average Bonchev–Trinajstić information content (AvgIpc) is 2.96. The average molecular weight is 620 g/mol. The van der Waals surface area contributed by atoms with E-state index in [9.17, 15) is 31.5 Å². The number of morpholine rings is 1. The first kappa shape index (κ1) is 30.6. The van der Waals surface area contributed by atoms with Gasteiger partial charge in [-0.2, -0.15) is 13.2 Å². The van der Waals surface area contributed by atoms with Crippen LogP contribution in [0.4, 0.5) is 24.5 Å². The molecule has 0 bridgehead atoms. The standard InChI is InChI=1S/C30H32F3N3O6S/c1-43(39,40)34-26-18-23(7-8-27(26)37)36-11-9-21-17-24(20-3-5-22(6-4-20)30(31,32)33)28(19-25(21)29(36)38)42-14-2-10-35-12-15-41-16-13-35/h3-8,17-19,34,37H,2,9-16H2,1H3. The summed E-state index contributed by atoms with van der Waals surface area (Å²) in [6.45, 7) is 4.41. The molecule has 1 fully saturated rings. The Morgan fingerprint density at radius 1 is 1.00 bits per heavy atom. The molecule has 0 aliphatic carbocycles. The number of aromatic hydroxyl groups is 1. The summed E-state index contributed by atoms with van der Waals surface area (Å²) in [7, 11) is -3.68. The number of sulfonamides is 1. The maximum atomic E-state index is 13.7. The molecular weight excluding hydrogens is 587 g/mol. The molecule has 43 heavy (non-hydrogen) atoms. The second-order valence-electron chi connectivity index (χ2n) is 10.5. The van der Waals surface area contributed by atoms with Gasteiger partial charge in [0, 0.05) is 43.0 Å². The molecule has 2 aliphatic heterocycles. The van der Waals surface area contributed by atoms with Crippen LogP contribution in [0.1, 0.15) is 27.9 Å². The lowest BCUT2D eigenvalue weighted by Gasteiger charge is -2.30. The topological polar surface area (TPSA) is 108 Å². The quantitative estimate of drug-likeness (QED) is 0.263. The molecule has 5 rings (SSSR count). The molecule has 0 unspecified atom stereocenters. The minimum atomic E-state index is -4.46. The Balaban J connectivity index is 1.44. The first-order valence-corrected chi connectivity index (χ1v) is 15.7. The van der Waals surface area contributed by atoms with Crippen molar-refractivity contribution in [2.24, 2.45) is 0 Å². The number of phenolic OH excluding ortho intramolecular Hbond substituents is 1. The van der Waals surface area contributed by atoms with Gasteiger partial charge < -0.3 is 19.5 Å². The number of carbonyl (C=O) groups is 1. The molecule has 3 aromatic carbocycles. The monoisotopic (exact) mass is 619 g/mol. The molecule has 0 atom stereocenters. The van der Waals surface area contributed by atoms with E-state index in [-0.39, 0.29) is 23.9 Å². The van der Waals surface area contributed by atoms with Crippen molar-refractivity contribution in [3.05, 3.63) is 71.3 Å². The molecule has 3 aromatic rings. The fraction of sp³-hybridized carbons (Fsp3) is 0.367. The highest BCUT2D eigenvalue weighted by Gasteiger charge is 2.31. The van der Waals surface area contributed by atoms with E-state index in [1.807, 2.05) is 0 Å². The normalized spacial score (nSPS) is 16.2. The molecule has 1 saturated heterocycles. The van der Waals surface area contributed by atoms with E-state index in [0.717, 1.165) is 38.0 Å². The summed E-state index contributed by atoms with van der Waals surface area (Å²) in [5, 5.41) is 10.1. The van der Waals surface area contributed by atoms with Gasteiger partial charge in [0.2, 0.25) is 10.0 Å². The predicted molar refractivity (Wildman–Crippen MR) is 156 cm³/mol. The number of fused-ring (bicyclic) bond motifs is 1. The molecule has 2 heterocycles. The largest absolute Gasteiger partial charge is 0.506 e. The van der Waals surface area contributed by atoms with Crippen molar-refractivity contribution in [1.82, 2.24) is 4.90 Å². The number of nitrogens with zero attached hydrogens (tertiary/aromatic N) is 2. The van der Waals surface area contributed by atoms with E-state index < -0.39 is 21.8 Å². The van der Waals surface area contributed by atoms with Crippen molar-refractivity contribution in [3.8, 4) is 22.6 Å². The second-order valence-corrected chi connectivity index (χ2v) is 12.3. The van der Waals surface area contributed by atoms with Crippen LogP contribution < -0.4 is 14.4 Å². The van der Waals surface area contributed by atoms with Crippen LogP contribution in [-0.2, 0) is 27.4 Å². The van der Waals surface area contributed by atoms with Gasteiger partial charge in [0.25, 0.3) is 5.91 Å². The van der Waals surface area contributed by atoms with Crippen molar-refractivity contribution in [2.75, 3.05) is 61.9 Å². The Morgan fingerprint density at radius 3 is 2.40 bits per heavy atom. The van der Waals surface area contributed by atoms with Crippen LogP contribution in [0, 0.1) is 0 Å². The lowest BCUT2D eigenvalue weighted by molar-refractivity contribution is -0.137. The molecule has 0 spiro atoms. The number of hydrogen-bond donors (Lipinski definition) is 2. The summed E-state index contributed by atoms with van der Waals surface area (Å²) < 4.78 is 76.9. The highest BCUT2D eigenvalue weighted by Crippen LogP contribution is 2.39. The Kier molecular flexibility index (Phi) is 8.86. The first-order valence-electron chi connectivity index (χ1n) is 13.8. The summed E-state index contributed by atoms with van der Waals surface area (Å²) in [6.07, 6.45) is -2.37. The Labute approximate surface area is 247 Å². The summed E-state index contributed by atoms with van der Waals surface area (Å²) in [6, 6.07) is 12.5. The molecule has 9 nitrogen and oxygen atoms in total. The smallest absolute Gasteiger partial charge is 0.416 e. The summed E-state index contributed by atoms with van der Waals surface area (Å²) in [5.41, 5.74) is 1.78. The van der Waals surface area contributed by atoms with E-state index in [1.54, 1.807) is 12.1 Å². The van der Waals surface area contributed by atoms with Gasteiger partial charge in [-0.3, -0.25) is 14.4 Å². The Bertz CT molecular complexity index is 1590. The molecule has 2 N–H and O–H groups in total. The molecular formula is C30H32F3N3O6S. The number of nitrogens with one attached hydrogen (secondary N) is 1. The number of halogens is 3. The lowest BCUT2D eigenvalue weighted by atomic mass is 9.92. The summed E-state index contributed by atoms with van der Waals surface area (Å²) in [5.74, 6) is -0.261. The van der Waals surface area contributed by atoms with Gasteiger partial charge in [0.05, 0.1) is 37.3 Å². The zero-order chi connectivity index (χ0) is 30.8. The zero-order valence-corrected chi connectivity index (χ0v) is 24.3. The van der Waals surface area contributed by atoms with Crippen molar-refractivity contribution < 1.29 is 41.0 Å². The van der Waals surface area contributed by atoms with Crippen molar-refractivity contribution in [1.29, 1.82) is 0 Å². The summed E-state index contributed by atoms with van der Waals surface area (Å²) in [4.78, 5) is 17.5. The van der Waals surface area contributed by atoms with E-state index >= 15 is 0 Å². The van der Waals surface area contributed by atoms with Crippen LogP contribution in [-0.4, -0.2) is 76.6 Å². The van der Waals surface area contributed by atoms with Crippen LogP contribution >= 0.6 is 0 Å². The van der Waals surface area contributed by atoms with Gasteiger partial charge in [0.1, 0.15) is 11.5 Å². The van der Waals surface area contributed by atoms with Gasteiger partial charge in [-0.05, 0) is 66.4 Å². The van der Waals surface area contributed by atoms with Crippen LogP contribution in [0.2, 0.25) is 0 Å². The zero-order valence-electron chi connectivity index (χ0n) is 23.5. The van der Waals surface area contributed by atoms with Crippen molar-refractivity contribution in [3.63, 3.8) is 0 Å². The van der Waals surface area contributed by atoms with Crippen molar-refractivity contribution >= 4 is 27.3 Å². The predicted octanol–water partition coefficient (Wildman–Crippen LogP) is 4.75. The second kappa shape index (κ2) is 12.4. The number of ether oxygens (including phenoxy) is 2. The van der Waals surface area contributed by atoms with Crippen LogP contribution in [0.3, 0.4) is 0 Å². The molecule has 0 saturated carbocycles. The maximum Gasteiger partial charge on any atom is 0.416 e. The van der Waals surface area contributed by atoms with E-state index in [0.29, 0.717) is 66.4 Å². The number of carbonyl (C=O) groups excluding carboxylic acids is 1. The van der Waals surface area contributed by atoms with E-state index in [4.69, 9.17) is 9.47 Å². The number of benzene rings is 3. The number of rotatable bonds is 9. The lowest BCUT2D eigenvalue weighted by Crippen LogP contribution is -2.38. The van der Waals surface area contributed by atoms with Crippen LogP contribution in [0.15, 0.2) is 54.6 Å². The highest BCUT2D eigenvalue weighted by atomic mass is 32.2. The molecule has 0 aromatic heterocycles.